The number of thiophene rings is 1. The van der Waals surface area contributed by atoms with Crippen LogP contribution in [0.1, 0.15) is 4.88 Å². The normalized spacial score (nSPS) is 10.0. The van der Waals surface area contributed by atoms with Crippen LogP contribution in [0.15, 0.2) is 12.4 Å². The highest BCUT2D eigenvalue weighted by Crippen LogP contribution is 2.26. The number of aryl methyl sites for hydroxylation is 1. The first kappa shape index (κ1) is 8.97. The van der Waals surface area contributed by atoms with Crippen LogP contribution in [0.4, 0.5) is 5.82 Å². The molecule has 2 heterocycles. The monoisotopic (exact) mass is 203 g/mol. The molecule has 14 heavy (non-hydrogen) atoms. The molecule has 0 aliphatic heterocycles. The van der Waals surface area contributed by atoms with Crippen molar-refractivity contribution in [2.24, 2.45) is 0 Å². The summed E-state index contributed by atoms with van der Waals surface area (Å²) in [4.78, 5) is 10.6. The Kier molecular flexibility index (Phi) is 2.33. The van der Waals surface area contributed by atoms with Crippen molar-refractivity contribution in [3.8, 4) is 12.3 Å². The van der Waals surface area contributed by atoms with Crippen molar-refractivity contribution < 1.29 is 0 Å². The predicted molar refractivity (Wildman–Crippen MR) is 59.5 cm³/mol. The van der Waals surface area contributed by atoms with E-state index in [1.165, 1.54) is 4.88 Å². The number of anilines is 1. The van der Waals surface area contributed by atoms with Crippen LogP contribution in [0.25, 0.3) is 10.2 Å². The van der Waals surface area contributed by atoms with Gasteiger partial charge >= 0.3 is 0 Å². The summed E-state index contributed by atoms with van der Waals surface area (Å²) >= 11 is 1.66. The van der Waals surface area contributed by atoms with Gasteiger partial charge in [0, 0.05) is 4.88 Å². The Balaban J connectivity index is 2.48. The van der Waals surface area contributed by atoms with Crippen LogP contribution >= 0.6 is 11.3 Å². The third kappa shape index (κ3) is 1.54. The number of terminal acetylenes is 1. The van der Waals surface area contributed by atoms with E-state index in [-0.39, 0.29) is 0 Å². The van der Waals surface area contributed by atoms with Crippen molar-refractivity contribution in [1.29, 1.82) is 0 Å². The van der Waals surface area contributed by atoms with E-state index in [2.05, 4.69) is 34.2 Å². The maximum atomic E-state index is 5.17. The van der Waals surface area contributed by atoms with Gasteiger partial charge in [0.05, 0.1) is 11.9 Å². The molecule has 70 valence electrons. The van der Waals surface area contributed by atoms with Gasteiger partial charge in [0.15, 0.2) is 0 Å². The van der Waals surface area contributed by atoms with Crippen LogP contribution < -0.4 is 5.32 Å². The van der Waals surface area contributed by atoms with E-state index in [9.17, 15) is 0 Å². The third-order valence-corrected chi connectivity index (χ3v) is 2.77. The fraction of sp³-hybridized carbons (Fsp3) is 0.200. The number of hydrogen-bond donors (Lipinski definition) is 1. The lowest BCUT2D eigenvalue weighted by Gasteiger charge is -2.00. The Bertz CT molecular complexity index is 496. The summed E-state index contributed by atoms with van der Waals surface area (Å²) in [5.74, 6) is 3.34. The highest BCUT2D eigenvalue weighted by molar-refractivity contribution is 7.18. The van der Waals surface area contributed by atoms with Gasteiger partial charge in [-0.3, -0.25) is 0 Å². The maximum absolute atomic E-state index is 5.17. The van der Waals surface area contributed by atoms with E-state index >= 15 is 0 Å². The molecule has 2 rings (SSSR count). The number of nitrogens with one attached hydrogen (secondary N) is 1. The molecule has 0 saturated heterocycles. The van der Waals surface area contributed by atoms with Crippen LogP contribution in [0.5, 0.6) is 0 Å². The SMILES string of the molecule is C#CCNc1ncnc2sc(C)cc12. The third-order valence-electron chi connectivity index (χ3n) is 1.81. The molecule has 0 atom stereocenters. The molecule has 0 aromatic carbocycles. The van der Waals surface area contributed by atoms with E-state index in [1.54, 1.807) is 17.7 Å². The maximum Gasteiger partial charge on any atom is 0.138 e. The molecule has 3 nitrogen and oxygen atoms in total. The molecule has 4 heteroatoms. The van der Waals surface area contributed by atoms with Crippen LogP contribution in [-0.2, 0) is 0 Å². The van der Waals surface area contributed by atoms with Gasteiger partial charge in [0.2, 0.25) is 0 Å². The van der Waals surface area contributed by atoms with Gasteiger partial charge < -0.3 is 5.32 Å². The zero-order chi connectivity index (χ0) is 9.97. The molecule has 0 bridgehead atoms. The molecular weight excluding hydrogens is 194 g/mol. The van der Waals surface area contributed by atoms with Gasteiger partial charge in [-0.1, -0.05) is 5.92 Å². The molecule has 1 N–H and O–H groups in total. The molecule has 2 aromatic rings. The minimum atomic E-state index is 0.487. The van der Waals surface area contributed by atoms with Crippen molar-refractivity contribution in [2.75, 3.05) is 11.9 Å². The second-order valence-electron chi connectivity index (χ2n) is 2.86. The number of aromatic nitrogens is 2. The lowest BCUT2D eigenvalue weighted by atomic mass is 10.3. The summed E-state index contributed by atoms with van der Waals surface area (Å²) in [6.45, 7) is 2.54. The van der Waals surface area contributed by atoms with Crippen molar-refractivity contribution in [3.05, 3.63) is 17.3 Å². The largest absolute Gasteiger partial charge is 0.359 e. The summed E-state index contributed by atoms with van der Waals surface area (Å²) < 4.78 is 0. The molecule has 0 unspecified atom stereocenters. The van der Waals surface area contributed by atoms with Crippen LogP contribution in [-0.4, -0.2) is 16.5 Å². The van der Waals surface area contributed by atoms with Crippen LogP contribution in [0.2, 0.25) is 0 Å². The molecule has 0 amide bonds. The zero-order valence-corrected chi connectivity index (χ0v) is 8.56. The van der Waals surface area contributed by atoms with E-state index in [0.717, 1.165) is 16.0 Å². The summed E-state index contributed by atoms with van der Waals surface area (Å²) in [5.41, 5.74) is 0. The number of rotatable bonds is 2. The fourth-order valence-corrected chi connectivity index (χ4v) is 2.10. The first-order chi connectivity index (χ1) is 6.81. The van der Waals surface area contributed by atoms with E-state index in [1.807, 2.05) is 0 Å². The number of hydrogen-bond acceptors (Lipinski definition) is 4. The second kappa shape index (κ2) is 3.64. The summed E-state index contributed by atoms with van der Waals surface area (Å²) in [7, 11) is 0. The summed E-state index contributed by atoms with van der Waals surface area (Å²) in [6.07, 6.45) is 6.73. The molecule has 0 spiro atoms. The first-order valence-electron chi connectivity index (χ1n) is 4.19. The minimum absolute atomic E-state index is 0.487. The van der Waals surface area contributed by atoms with Crippen molar-refractivity contribution >= 4 is 27.4 Å². The van der Waals surface area contributed by atoms with Crippen molar-refractivity contribution in [3.63, 3.8) is 0 Å². The predicted octanol–water partition coefficient (Wildman–Crippen LogP) is 2.04. The van der Waals surface area contributed by atoms with Crippen molar-refractivity contribution in [2.45, 2.75) is 6.92 Å². The van der Waals surface area contributed by atoms with Gasteiger partial charge in [-0.25, -0.2) is 9.97 Å². The molecule has 0 aliphatic carbocycles. The minimum Gasteiger partial charge on any atom is -0.359 e. The standard InChI is InChI=1S/C10H9N3S/c1-3-4-11-9-8-5-7(2)14-10(8)13-6-12-9/h1,5-6H,4H2,2H3,(H,11,12,13). The van der Waals surface area contributed by atoms with E-state index in [0.29, 0.717) is 6.54 Å². The highest BCUT2D eigenvalue weighted by atomic mass is 32.1. The van der Waals surface area contributed by atoms with Crippen LogP contribution in [0, 0.1) is 19.3 Å². The molecule has 2 aromatic heterocycles. The van der Waals surface area contributed by atoms with Gasteiger partial charge in [-0.05, 0) is 13.0 Å². The number of fused-ring (bicyclic) bond motifs is 1. The average Bonchev–Trinajstić information content (AvgIpc) is 2.55. The van der Waals surface area contributed by atoms with Gasteiger partial charge in [0.1, 0.15) is 17.0 Å². The smallest absolute Gasteiger partial charge is 0.138 e. The lowest BCUT2D eigenvalue weighted by molar-refractivity contribution is 1.20. The van der Waals surface area contributed by atoms with Crippen molar-refractivity contribution in [1.82, 2.24) is 9.97 Å². The molecule has 0 fully saturated rings. The van der Waals surface area contributed by atoms with E-state index in [4.69, 9.17) is 6.42 Å². The van der Waals surface area contributed by atoms with Crippen LogP contribution in [0.3, 0.4) is 0 Å². The number of nitrogens with zero attached hydrogens (tertiary/aromatic N) is 2. The Hall–Kier alpha value is -1.60. The summed E-state index contributed by atoms with van der Waals surface area (Å²) in [6, 6.07) is 2.07. The molecule has 0 saturated carbocycles. The zero-order valence-electron chi connectivity index (χ0n) is 7.74. The van der Waals surface area contributed by atoms with Gasteiger partial charge in [-0.2, -0.15) is 0 Å². The molecule has 0 aliphatic rings. The Morgan fingerprint density at radius 2 is 2.43 bits per heavy atom. The molecular formula is C10H9N3S. The highest BCUT2D eigenvalue weighted by Gasteiger charge is 2.05. The van der Waals surface area contributed by atoms with Gasteiger partial charge in [0.25, 0.3) is 0 Å². The lowest BCUT2D eigenvalue weighted by Crippen LogP contribution is -2.00. The fourth-order valence-electron chi connectivity index (χ4n) is 1.25. The van der Waals surface area contributed by atoms with Gasteiger partial charge in [-0.15, -0.1) is 17.8 Å². The first-order valence-corrected chi connectivity index (χ1v) is 5.01. The average molecular weight is 203 g/mol. The molecule has 0 radical (unpaired) electrons. The Morgan fingerprint density at radius 3 is 3.21 bits per heavy atom. The quantitative estimate of drug-likeness (QED) is 0.759. The topological polar surface area (TPSA) is 37.8 Å². The second-order valence-corrected chi connectivity index (χ2v) is 4.09. The Labute approximate surface area is 86.2 Å². The van der Waals surface area contributed by atoms with E-state index < -0.39 is 0 Å². The summed E-state index contributed by atoms with van der Waals surface area (Å²) in [5, 5.41) is 4.12. The Morgan fingerprint density at radius 1 is 1.57 bits per heavy atom.